The molecule has 3 rings (SSSR count). The minimum atomic E-state index is -0.239. The van der Waals surface area contributed by atoms with Gasteiger partial charge in [0.15, 0.2) is 5.69 Å². The van der Waals surface area contributed by atoms with Crippen molar-refractivity contribution < 1.29 is 4.79 Å². The van der Waals surface area contributed by atoms with Crippen molar-refractivity contribution >= 4 is 17.5 Å². The Morgan fingerprint density at radius 2 is 2.04 bits per heavy atom. The standard InChI is InChI=1S/C17H18ClN5O/c1-11(13-10-19-22(3)12(13)2)20-17(24)15-8-9-23(21-15)16-7-5-4-6-14(16)18/h4-11H,1-3H3,(H,20,24)/t11-/m1/s1. The maximum Gasteiger partial charge on any atom is 0.272 e. The van der Waals surface area contributed by atoms with E-state index in [2.05, 4.69) is 15.5 Å². The van der Waals surface area contributed by atoms with Crippen molar-refractivity contribution in [1.29, 1.82) is 0 Å². The lowest BCUT2D eigenvalue weighted by Crippen LogP contribution is -2.27. The molecule has 0 spiro atoms. The van der Waals surface area contributed by atoms with Crippen LogP contribution in [0.25, 0.3) is 5.69 Å². The summed E-state index contributed by atoms with van der Waals surface area (Å²) < 4.78 is 3.38. The average molecular weight is 344 g/mol. The van der Waals surface area contributed by atoms with Crippen molar-refractivity contribution in [1.82, 2.24) is 24.9 Å². The molecule has 0 bridgehead atoms. The Kier molecular flexibility index (Phi) is 4.40. The molecule has 24 heavy (non-hydrogen) atoms. The zero-order valence-corrected chi connectivity index (χ0v) is 14.4. The molecule has 0 fully saturated rings. The van der Waals surface area contributed by atoms with Crippen molar-refractivity contribution in [3.8, 4) is 5.69 Å². The van der Waals surface area contributed by atoms with Crippen molar-refractivity contribution in [2.75, 3.05) is 0 Å². The maximum absolute atomic E-state index is 12.4. The van der Waals surface area contributed by atoms with E-state index in [1.165, 1.54) is 0 Å². The maximum atomic E-state index is 12.4. The van der Waals surface area contributed by atoms with E-state index in [1.807, 2.05) is 39.1 Å². The molecule has 0 aliphatic carbocycles. The van der Waals surface area contributed by atoms with Crippen LogP contribution in [-0.4, -0.2) is 25.5 Å². The van der Waals surface area contributed by atoms with E-state index in [0.29, 0.717) is 10.7 Å². The Balaban J connectivity index is 1.77. The molecule has 1 N–H and O–H groups in total. The van der Waals surface area contributed by atoms with Crippen molar-refractivity contribution in [3.63, 3.8) is 0 Å². The number of aromatic nitrogens is 4. The van der Waals surface area contributed by atoms with Gasteiger partial charge < -0.3 is 5.32 Å². The van der Waals surface area contributed by atoms with Crippen LogP contribution < -0.4 is 5.32 Å². The van der Waals surface area contributed by atoms with Crippen LogP contribution in [0.5, 0.6) is 0 Å². The molecule has 1 atom stereocenters. The van der Waals surface area contributed by atoms with Crippen molar-refractivity contribution in [2.45, 2.75) is 19.9 Å². The summed E-state index contributed by atoms with van der Waals surface area (Å²) in [5.74, 6) is -0.239. The third-order valence-corrected chi connectivity index (χ3v) is 4.33. The normalized spacial score (nSPS) is 12.2. The van der Waals surface area contributed by atoms with Gasteiger partial charge in [-0.15, -0.1) is 0 Å². The zero-order chi connectivity index (χ0) is 17.3. The molecule has 124 valence electrons. The first kappa shape index (κ1) is 16.3. The molecule has 0 radical (unpaired) electrons. The summed E-state index contributed by atoms with van der Waals surface area (Å²) in [7, 11) is 1.87. The van der Waals surface area contributed by atoms with Gasteiger partial charge in [0.2, 0.25) is 0 Å². The summed E-state index contributed by atoms with van der Waals surface area (Å²) in [6, 6.07) is 8.86. The molecule has 6 nitrogen and oxygen atoms in total. The zero-order valence-electron chi connectivity index (χ0n) is 13.7. The van der Waals surface area contributed by atoms with Gasteiger partial charge in [-0.1, -0.05) is 23.7 Å². The summed E-state index contributed by atoms with van der Waals surface area (Å²) in [5, 5.41) is 12.0. The Bertz CT molecular complexity index is 883. The predicted molar refractivity (Wildman–Crippen MR) is 92.4 cm³/mol. The summed E-state index contributed by atoms with van der Waals surface area (Å²) in [4.78, 5) is 12.4. The molecule has 0 saturated heterocycles. The molecular weight excluding hydrogens is 326 g/mol. The quantitative estimate of drug-likeness (QED) is 0.791. The second-order valence-corrected chi connectivity index (χ2v) is 6.01. The van der Waals surface area contributed by atoms with Gasteiger partial charge in [-0.05, 0) is 32.0 Å². The van der Waals surface area contributed by atoms with Gasteiger partial charge in [-0.3, -0.25) is 9.48 Å². The second-order valence-electron chi connectivity index (χ2n) is 5.60. The number of para-hydroxylation sites is 1. The molecule has 2 heterocycles. The second kappa shape index (κ2) is 6.49. The first-order chi connectivity index (χ1) is 11.5. The topological polar surface area (TPSA) is 64.7 Å². The average Bonchev–Trinajstić information content (AvgIpc) is 3.16. The molecule has 2 aromatic heterocycles. The molecule has 0 saturated carbocycles. The molecule has 1 amide bonds. The minimum Gasteiger partial charge on any atom is -0.344 e. The summed E-state index contributed by atoms with van der Waals surface area (Å²) in [5.41, 5.74) is 3.07. The van der Waals surface area contributed by atoms with E-state index in [0.717, 1.165) is 16.9 Å². The van der Waals surface area contributed by atoms with Crippen LogP contribution >= 0.6 is 11.6 Å². The van der Waals surface area contributed by atoms with Crippen LogP contribution in [0.3, 0.4) is 0 Å². The number of aryl methyl sites for hydroxylation is 1. The number of benzene rings is 1. The number of nitrogens with one attached hydrogen (secondary N) is 1. The fourth-order valence-corrected chi connectivity index (χ4v) is 2.73. The lowest BCUT2D eigenvalue weighted by molar-refractivity contribution is 0.0934. The van der Waals surface area contributed by atoms with Gasteiger partial charge in [0.1, 0.15) is 0 Å². The number of carbonyl (C=O) groups is 1. The van der Waals surface area contributed by atoms with E-state index in [1.54, 1.807) is 33.9 Å². The van der Waals surface area contributed by atoms with Gasteiger partial charge in [-0.25, -0.2) is 4.68 Å². The number of carbonyl (C=O) groups excluding carboxylic acids is 1. The smallest absolute Gasteiger partial charge is 0.272 e. The van der Waals surface area contributed by atoms with Gasteiger partial charge >= 0.3 is 0 Å². The van der Waals surface area contributed by atoms with Crippen LogP contribution in [0.15, 0.2) is 42.7 Å². The Hall–Kier alpha value is -2.60. The predicted octanol–water partition coefficient (Wildman–Crippen LogP) is 3.06. The number of rotatable bonds is 4. The fourth-order valence-electron chi connectivity index (χ4n) is 2.51. The molecule has 7 heteroatoms. The Morgan fingerprint density at radius 1 is 1.29 bits per heavy atom. The fraction of sp³-hybridized carbons (Fsp3) is 0.235. The van der Waals surface area contributed by atoms with E-state index in [-0.39, 0.29) is 11.9 Å². The lowest BCUT2D eigenvalue weighted by Gasteiger charge is -2.12. The molecule has 0 unspecified atom stereocenters. The Morgan fingerprint density at radius 3 is 2.71 bits per heavy atom. The van der Waals surface area contributed by atoms with Gasteiger partial charge in [-0.2, -0.15) is 10.2 Å². The highest BCUT2D eigenvalue weighted by Gasteiger charge is 2.17. The van der Waals surface area contributed by atoms with Crippen LogP contribution in [0.1, 0.15) is 34.7 Å². The van der Waals surface area contributed by atoms with Gasteiger partial charge in [0.25, 0.3) is 5.91 Å². The Labute approximate surface area is 145 Å². The lowest BCUT2D eigenvalue weighted by atomic mass is 10.1. The minimum absolute atomic E-state index is 0.156. The highest BCUT2D eigenvalue weighted by atomic mass is 35.5. The van der Waals surface area contributed by atoms with Crippen LogP contribution in [0.4, 0.5) is 0 Å². The molecule has 1 aromatic carbocycles. The molecule has 3 aromatic rings. The SMILES string of the molecule is Cc1c([C@@H](C)NC(=O)c2ccn(-c3ccccc3Cl)n2)cnn1C. The highest BCUT2D eigenvalue weighted by Crippen LogP contribution is 2.20. The number of halogens is 1. The van der Waals surface area contributed by atoms with Crippen molar-refractivity contribution in [3.05, 3.63) is 64.7 Å². The molecule has 0 aliphatic heterocycles. The summed E-state index contributed by atoms with van der Waals surface area (Å²) >= 11 is 6.16. The third-order valence-electron chi connectivity index (χ3n) is 4.01. The van der Waals surface area contributed by atoms with Crippen LogP contribution in [-0.2, 0) is 7.05 Å². The van der Waals surface area contributed by atoms with E-state index < -0.39 is 0 Å². The monoisotopic (exact) mass is 343 g/mol. The van der Waals surface area contributed by atoms with Crippen molar-refractivity contribution in [2.24, 2.45) is 7.05 Å². The summed E-state index contributed by atoms with van der Waals surface area (Å²) in [6.07, 6.45) is 3.48. The first-order valence-corrected chi connectivity index (χ1v) is 7.95. The van der Waals surface area contributed by atoms with Crippen LogP contribution in [0, 0.1) is 6.92 Å². The number of amides is 1. The number of nitrogens with zero attached hydrogens (tertiary/aromatic N) is 4. The molecular formula is C17H18ClN5O. The third kappa shape index (κ3) is 3.05. The van der Waals surface area contributed by atoms with Crippen LogP contribution in [0.2, 0.25) is 5.02 Å². The van der Waals surface area contributed by atoms with E-state index in [9.17, 15) is 4.79 Å². The number of hydrogen-bond donors (Lipinski definition) is 1. The van der Waals surface area contributed by atoms with Gasteiger partial charge in [0, 0.05) is 24.5 Å². The first-order valence-electron chi connectivity index (χ1n) is 7.57. The summed E-state index contributed by atoms with van der Waals surface area (Å²) in [6.45, 7) is 3.89. The highest BCUT2D eigenvalue weighted by molar-refractivity contribution is 6.32. The van der Waals surface area contributed by atoms with E-state index in [4.69, 9.17) is 11.6 Å². The molecule has 0 aliphatic rings. The van der Waals surface area contributed by atoms with E-state index >= 15 is 0 Å². The largest absolute Gasteiger partial charge is 0.344 e. The van der Waals surface area contributed by atoms with Gasteiger partial charge in [0.05, 0.1) is 22.9 Å². The number of hydrogen-bond acceptors (Lipinski definition) is 3.